The molecule has 1 fully saturated rings. The minimum absolute atomic E-state index is 0.401. The smallest absolute Gasteiger partial charge is 0.121 e. The molecule has 1 aliphatic rings. The number of nitrogen functional groups attached to an aromatic ring is 1. The number of piperidine rings is 1. The van der Waals surface area contributed by atoms with Crippen molar-refractivity contribution in [3.63, 3.8) is 0 Å². The van der Waals surface area contributed by atoms with Crippen LogP contribution in [0.1, 0.15) is 19.8 Å². The molecule has 18 heavy (non-hydrogen) atoms. The summed E-state index contributed by atoms with van der Waals surface area (Å²) in [6.45, 7) is 4.82. The zero-order valence-corrected chi connectivity index (χ0v) is 11.2. The van der Waals surface area contributed by atoms with Crippen molar-refractivity contribution in [1.29, 1.82) is 0 Å². The Morgan fingerprint density at radius 1 is 1.33 bits per heavy atom. The summed E-state index contributed by atoms with van der Waals surface area (Å²) in [5, 5.41) is 0. The van der Waals surface area contributed by atoms with Gasteiger partial charge in [0, 0.05) is 25.8 Å². The van der Waals surface area contributed by atoms with Crippen LogP contribution in [0.15, 0.2) is 18.2 Å². The first kappa shape index (κ1) is 13.0. The highest BCUT2D eigenvalue weighted by Crippen LogP contribution is 2.30. The molecule has 1 heterocycles. The Morgan fingerprint density at radius 2 is 2.06 bits per heavy atom. The molecule has 1 aliphatic heterocycles. The van der Waals surface area contributed by atoms with Crippen LogP contribution < -0.4 is 15.4 Å². The van der Waals surface area contributed by atoms with Crippen LogP contribution in [0.4, 0.5) is 11.4 Å². The highest BCUT2D eigenvalue weighted by atomic mass is 16.5. The topological polar surface area (TPSA) is 47.7 Å². The third-order valence-electron chi connectivity index (χ3n) is 3.42. The van der Waals surface area contributed by atoms with Crippen molar-refractivity contribution in [2.24, 2.45) is 0 Å². The second-order valence-electron chi connectivity index (χ2n) is 4.57. The molecule has 0 saturated carbocycles. The number of ether oxygens (including phenoxy) is 2. The van der Waals surface area contributed by atoms with Crippen molar-refractivity contribution >= 4 is 11.4 Å². The van der Waals surface area contributed by atoms with Gasteiger partial charge in [0.25, 0.3) is 0 Å². The number of hydrogen-bond acceptors (Lipinski definition) is 4. The lowest BCUT2D eigenvalue weighted by molar-refractivity contribution is 0.0459. The highest BCUT2D eigenvalue weighted by molar-refractivity contribution is 5.69. The zero-order chi connectivity index (χ0) is 13.0. The van der Waals surface area contributed by atoms with E-state index in [1.54, 1.807) is 7.11 Å². The van der Waals surface area contributed by atoms with E-state index >= 15 is 0 Å². The molecule has 0 bridgehead atoms. The van der Waals surface area contributed by atoms with Crippen LogP contribution in [0.25, 0.3) is 0 Å². The normalized spacial score (nSPS) is 16.9. The number of benzene rings is 1. The Balaban J connectivity index is 2.04. The van der Waals surface area contributed by atoms with E-state index in [-0.39, 0.29) is 0 Å². The first-order valence-corrected chi connectivity index (χ1v) is 6.54. The van der Waals surface area contributed by atoms with Gasteiger partial charge >= 0.3 is 0 Å². The van der Waals surface area contributed by atoms with Gasteiger partial charge in [-0.1, -0.05) is 0 Å². The Kier molecular flexibility index (Phi) is 4.31. The van der Waals surface area contributed by atoms with Gasteiger partial charge in [-0.3, -0.25) is 0 Å². The number of nitrogens with zero attached hydrogens (tertiary/aromatic N) is 1. The molecule has 1 aromatic rings. The summed E-state index contributed by atoms with van der Waals surface area (Å²) in [5.41, 5.74) is 7.92. The molecule has 0 unspecified atom stereocenters. The molecular weight excluding hydrogens is 228 g/mol. The summed E-state index contributed by atoms with van der Waals surface area (Å²) >= 11 is 0. The van der Waals surface area contributed by atoms with Crippen LogP contribution in [0, 0.1) is 0 Å². The van der Waals surface area contributed by atoms with Crippen LogP contribution >= 0.6 is 0 Å². The third kappa shape index (κ3) is 2.88. The number of nitrogens with two attached hydrogens (primary N) is 1. The number of methoxy groups -OCH3 is 1. The van der Waals surface area contributed by atoms with Crippen molar-refractivity contribution < 1.29 is 9.47 Å². The minimum Gasteiger partial charge on any atom is -0.497 e. The van der Waals surface area contributed by atoms with Crippen LogP contribution in [-0.2, 0) is 4.74 Å². The molecule has 0 aliphatic carbocycles. The number of anilines is 2. The summed E-state index contributed by atoms with van der Waals surface area (Å²) in [6.07, 6.45) is 2.52. The maximum atomic E-state index is 6.04. The maximum absolute atomic E-state index is 6.04. The summed E-state index contributed by atoms with van der Waals surface area (Å²) in [4.78, 5) is 2.31. The quantitative estimate of drug-likeness (QED) is 0.833. The van der Waals surface area contributed by atoms with Gasteiger partial charge in [-0.2, -0.15) is 0 Å². The minimum atomic E-state index is 0.401. The molecule has 4 heteroatoms. The van der Waals surface area contributed by atoms with Crippen molar-refractivity contribution in [3.8, 4) is 5.75 Å². The predicted octanol–water partition coefficient (Wildman–Crippen LogP) is 2.28. The first-order valence-electron chi connectivity index (χ1n) is 6.54. The van der Waals surface area contributed by atoms with E-state index in [1.807, 2.05) is 25.1 Å². The lowest BCUT2D eigenvalue weighted by Crippen LogP contribution is -2.37. The average molecular weight is 250 g/mol. The van der Waals surface area contributed by atoms with E-state index in [2.05, 4.69) is 4.90 Å². The lowest BCUT2D eigenvalue weighted by atomic mass is 10.1. The van der Waals surface area contributed by atoms with E-state index < -0.39 is 0 Å². The number of rotatable bonds is 4. The van der Waals surface area contributed by atoms with E-state index in [1.165, 1.54) is 0 Å². The molecule has 4 nitrogen and oxygen atoms in total. The average Bonchev–Trinajstić information content (AvgIpc) is 2.41. The SMILES string of the molecule is CCOC1CCN(c2cc(OC)ccc2N)CC1. The van der Waals surface area contributed by atoms with E-state index in [0.717, 1.165) is 49.7 Å². The molecule has 0 atom stereocenters. The molecule has 0 amide bonds. The van der Waals surface area contributed by atoms with E-state index in [0.29, 0.717) is 6.10 Å². The van der Waals surface area contributed by atoms with Crippen LogP contribution in [-0.4, -0.2) is 32.9 Å². The lowest BCUT2D eigenvalue weighted by Gasteiger charge is -2.34. The molecule has 100 valence electrons. The highest BCUT2D eigenvalue weighted by Gasteiger charge is 2.21. The summed E-state index contributed by atoms with van der Waals surface area (Å²) in [5.74, 6) is 0.853. The Labute approximate surface area is 109 Å². The first-order chi connectivity index (χ1) is 8.74. The van der Waals surface area contributed by atoms with Gasteiger partial charge in [0.05, 0.1) is 24.6 Å². The molecule has 0 aromatic heterocycles. The van der Waals surface area contributed by atoms with Gasteiger partial charge in [-0.15, -0.1) is 0 Å². The van der Waals surface area contributed by atoms with Crippen molar-refractivity contribution in [1.82, 2.24) is 0 Å². The summed E-state index contributed by atoms with van der Waals surface area (Å²) < 4.78 is 10.9. The second kappa shape index (κ2) is 5.96. The molecule has 1 aromatic carbocycles. The molecule has 1 saturated heterocycles. The van der Waals surface area contributed by atoms with Gasteiger partial charge in [-0.05, 0) is 31.9 Å². The molecule has 2 rings (SSSR count). The number of hydrogen-bond donors (Lipinski definition) is 1. The maximum Gasteiger partial charge on any atom is 0.121 e. The van der Waals surface area contributed by atoms with Gasteiger partial charge in [0.15, 0.2) is 0 Å². The van der Waals surface area contributed by atoms with Crippen LogP contribution in [0.3, 0.4) is 0 Å². The molecular formula is C14H22N2O2. The summed E-state index contributed by atoms with van der Waals surface area (Å²) in [7, 11) is 1.68. The monoisotopic (exact) mass is 250 g/mol. The molecule has 2 N–H and O–H groups in total. The van der Waals surface area contributed by atoms with Crippen molar-refractivity contribution in [2.75, 3.05) is 37.4 Å². The standard InChI is InChI=1S/C14H22N2O2/c1-3-18-11-6-8-16(9-7-11)14-10-12(17-2)4-5-13(14)15/h4-5,10-11H,3,6-9,15H2,1-2H3. The fourth-order valence-electron chi connectivity index (χ4n) is 2.42. The van der Waals surface area contributed by atoms with Crippen LogP contribution in [0.2, 0.25) is 0 Å². The van der Waals surface area contributed by atoms with E-state index in [4.69, 9.17) is 15.2 Å². The predicted molar refractivity (Wildman–Crippen MR) is 74.3 cm³/mol. The Bertz CT molecular complexity index is 387. The van der Waals surface area contributed by atoms with Crippen molar-refractivity contribution in [2.45, 2.75) is 25.9 Å². The van der Waals surface area contributed by atoms with Gasteiger partial charge in [-0.25, -0.2) is 0 Å². The van der Waals surface area contributed by atoms with E-state index in [9.17, 15) is 0 Å². The Hall–Kier alpha value is -1.42. The molecule has 0 radical (unpaired) electrons. The van der Waals surface area contributed by atoms with Crippen LogP contribution in [0.5, 0.6) is 5.75 Å². The Morgan fingerprint density at radius 3 is 2.67 bits per heavy atom. The second-order valence-corrected chi connectivity index (χ2v) is 4.57. The van der Waals surface area contributed by atoms with Gasteiger partial charge < -0.3 is 20.1 Å². The van der Waals surface area contributed by atoms with Gasteiger partial charge in [0.1, 0.15) is 5.75 Å². The fraction of sp³-hybridized carbons (Fsp3) is 0.571. The fourth-order valence-corrected chi connectivity index (χ4v) is 2.42. The van der Waals surface area contributed by atoms with Crippen molar-refractivity contribution in [3.05, 3.63) is 18.2 Å². The largest absolute Gasteiger partial charge is 0.497 e. The van der Waals surface area contributed by atoms with Gasteiger partial charge in [0.2, 0.25) is 0 Å². The zero-order valence-electron chi connectivity index (χ0n) is 11.2. The summed E-state index contributed by atoms with van der Waals surface area (Å²) in [6, 6.07) is 5.81. The third-order valence-corrected chi connectivity index (χ3v) is 3.42. The molecule has 0 spiro atoms.